The smallest absolute Gasteiger partial charge is 0.271 e. The number of hydrogen-bond acceptors (Lipinski definition) is 5. The number of carbonyl (C=O) groups excluding carboxylic acids is 1. The number of rotatable bonds is 3. The molecule has 3 N–H and O–H groups in total. The third-order valence-corrected chi connectivity index (χ3v) is 5.44. The van der Waals surface area contributed by atoms with Crippen LogP contribution >= 0.6 is 12.4 Å². The van der Waals surface area contributed by atoms with Crippen molar-refractivity contribution in [2.24, 2.45) is 0 Å². The zero-order valence-corrected chi connectivity index (χ0v) is 18.7. The number of fused-ring (bicyclic) bond motifs is 2. The molecule has 3 heterocycles. The van der Waals surface area contributed by atoms with E-state index in [0.717, 1.165) is 22.0 Å². The van der Waals surface area contributed by atoms with Crippen LogP contribution in [0.15, 0.2) is 60.9 Å². The maximum atomic E-state index is 13.6. The van der Waals surface area contributed by atoms with Crippen LogP contribution in [-0.2, 0) is 0 Å². The molecule has 33 heavy (non-hydrogen) atoms. The number of nitrogens with one attached hydrogen (secondary N) is 1. The van der Waals surface area contributed by atoms with Crippen molar-refractivity contribution in [3.05, 3.63) is 78.0 Å². The van der Waals surface area contributed by atoms with Gasteiger partial charge in [-0.15, -0.1) is 12.4 Å². The molecule has 0 radical (unpaired) electrons. The number of amides is 1. The SMILES string of the molecule is CNC(=O)c1cn2c(-c3ccc4nccc(C)c4c3)c(-c3ccc(F)cc3)nc(N)c2n1.Cl. The third-order valence-electron chi connectivity index (χ3n) is 5.44. The molecule has 0 bridgehead atoms. The van der Waals surface area contributed by atoms with Crippen LogP contribution in [-0.4, -0.2) is 32.3 Å². The Labute approximate surface area is 194 Å². The summed E-state index contributed by atoms with van der Waals surface area (Å²) in [7, 11) is 1.54. The second-order valence-electron chi connectivity index (χ2n) is 7.46. The molecule has 5 rings (SSSR count). The molecule has 3 aromatic heterocycles. The lowest BCUT2D eigenvalue weighted by molar-refractivity contribution is 0.0959. The predicted octanol–water partition coefficient (Wildman–Crippen LogP) is 4.42. The molecule has 0 unspecified atom stereocenters. The number of benzene rings is 2. The maximum absolute atomic E-state index is 13.6. The van der Waals surface area contributed by atoms with Crippen LogP contribution in [0.2, 0.25) is 0 Å². The number of hydrogen-bond donors (Lipinski definition) is 2. The minimum Gasteiger partial charge on any atom is -0.381 e. The minimum atomic E-state index is -0.346. The van der Waals surface area contributed by atoms with E-state index in [4.69, 9.17) is 5.73 Å². The predicted molar refractivity (Wildman–Crippen MR) is 129 cm³/mol. The van der Waals surface area contributed by atoms with Gasteiger partial charge in [0.2, 0.25) is 0 Å². The van der Waals surface area contributed by atoms with Gasteiger partial charge in [-0.2, -0.15) is 0 Å². The fraction of sp³-hybridized carbons (Fsp3) is 0.0833. The van der Waals surface area contributed by atoms with Crippen LogP contribution in [0.5, 0.6) is 0 Å². The molecule has 0 aliphatic rings. The Balaban J connectivity index is 0.00000259. The molecule has 0 fully saturated rings. The average molecular weight is 463 g/mol. The van der Waals surface area contributed by atoms with E-state index < -0.39 is 0 Å². The monoisotopic (exact) mass is 462 g/mol. The van der Waals surface area contributed by atoms with Crippen LogP contribution in [0.1, 0.15) is 16.1 Å². The van der Waals surface area contributed by atoms with E-state index in [1.807, 2.05) is 31.2 Å². The molecule has 0 saturated carbocycles. The van der Waals surface area contributed by atoms with Gasteiger partial charge in [0.25, 0.3) is 5.91 Å². The van der Waals surface area contributed by atoms with Gasteiger partial charge >= 0.3 is 0 Å². The van der Waals surface area contributed by atoms with Crippen LogP contribution in [0, 0.1) is 12.7 Å². The summed E-state index contributed by atoms with van der Waals surface area (Å²) < 4.78 is 15.4. The van der Waals surface area contributed by atoms with E-state index in [2.05, 4.69) is 20.3 Å². The number of nitrogens with two attached hydrogens (primary N) is 1. The number of pyridine rings is 1. The summed E-state index contributed by atoms with van der Waals surface area (Å²) in [5.74, 6) is -0.510. The summed E-state index contributed by atoms with van der Waals surface area (Å²) >= 11 is 0. The highest BCUT2D eigenvalue weighted by Crippen LogP contribution is 2.35. The highest BCUT2D eigenvalue weighted by Gasteiger charge is 2.20. The van der Waals surface area contributed by atoms with Gasteiger partial charge in [0, 0.05) is 36.0 Å². The number of anilines is 1. The van der Waals surface area contributed by atoms with Crippen molar-refractivity contribution in [3.8, 4) is 22.5 Å². The highest BCUT2D eigenvalue weighted by atomic mass is 35.5. The van der Waals surface area contributed by atoms with Gasteiger partial charge < -0.3 is 11.1 Å². The number of nitrogens with zero attached hydrogens (tertiary/aromatic N) is 4. The first-order valence-electron chi connectivity index (χ1n) is 9.98. The Bertz CT molecular complexity index is 1510. The largest absolute Gasteiger partial charge is 0.381 e. The highest BCUT2D eigenvalue weighted by molar-refractivity contribution is 5.95. The van der Waals surface area contributed by atoms with Gasteiger partial charge in [-0.1, -0.05) is 6.07 Å². The van der Waals surface area contributed by atoms with Crippen LogP contribution in [0.25, 0.3) is 39.1 Å². The van der Waals surface area contributed by atoms with Crippen molar-refractivity contribution >= 4 is 40.7 Å². The van der Waals surface area contributed by atoms with E-state index in [1.54, 1.807) is 28.9 Å². The topological polar surface area (TPSA) is 98.2 Å². The number of aromatic nitrogens is 4. The molecule has 2 aromatic carbocycles. The van der Waals surface area contributed by atoms with Gasteiger partial charge in [0.15, 0.2) is 11.5 Å². The second kappa shape index (κ2) is 8.48. The van der Waals surface area contributed by atoms with Gasteiger partial charge in [-0.05, 0) is 55.0 Å². The summed E-state index contributed by atoms with van der Waals surface area (Å²) in [5.41, 5.74) is 11.5. The van der Waals surface area contributed by atoms with E-state index >= 15 is 0 Å². The zero-order chi connectivity index (χ0) is 22.4. The lowest BCUT2D eigenvalue weighted by Gasteiger charge is -2.14. The molecule has 1 amide bonds. The summed E-state index contributed by atoms with van der Waals surface area (Å²) in [5, 5.41) is 3.57. The number of carbonyl (C=O) groups is 1. The Morgan fingerprint density at radius 3 is 2.52 bits per heavy atom. The molecule has 7 nitrogen and oxygen atoms in total. The molecule has 0 atom stereocenters. The van der Waals surface area contributed by atoms with E-state index in [0.29, 0.717) is 22.6 Å². The van der Waals surface area contributed by atoms with Crippen molar-refractivity contribution in [3.63, 3.8) is 0 Å². The van der Waals surface area contributed by atoms with Gasteiger partial charge in [-0.3, -0.25) is 14.2 Å². The fourth-order valence-electron chi connectivity index (χ4n) is 3.82. The fourth-order valence-corrected chi connectivity index (χ4v) is 3.82. The van der Waals surface area contributed by atoms with E-state index in [-0.39, 0.29) is 35.6 Å². The quantitative estimate of drug-likeness (QED) is 0.413. The summed E-state index contributed by atoms with van der Waals surface area (Å²) in [6, 6.07) is 13.9. The second-order valence-corrected chi connectivity index (χ2v) is 7.46. The molecule has 0 aliphatic carbocycles. The third kappa shape index (κ3) is 3.74. The molecular formula is C24H20ClFN6O. The summed E-state index contributed by atoms with van der Waals surface area (Å²) in [6.45, 7) is 2.02. The van der Waals surface area contributed by atoms with Crippen LogP contribution in [0.4, 0.5) is 10.2 Å². The van der Waals surface area contributed by atoms with Gasteiger partial charge in [-0.25, -0.2) is 14.4 Å². The molecule has 0 saturated heterocycles. The molecule has 166 valence electrons. The average Bonchev–Trinajstić information content (AvgIpc) is 3.25. The van der Waals surface area contributed by atoms with Crippen molar-refractivity contribution in [1.29, 1.82) is 0 Å². The standard InChI is InChI=1S/C24H19FN6O.ClH/c1-13-9-10-28-18-8-5-15(11-17(13)18)21-20(14-3-6-16(25)7-4-14)30-22(26)23-29-19(12-31(21)23)24(32)27-2;/h3-12H,1-2H3,(H2,26,30)(H,27,32);1H. The number of halogens is 2. The van der Waals surface area contributed by atoms with E-state index in [9.17, 15) is 9.18 Å². The van der Waals surface area contributed by atoms with Crippen LogP contribution < -0.4 is 11.1 Å². The first-order valence-corrected chi connectivity index (χ1v) is 9.98. The number of aryl methyl sites for hydroxylation is 1. The van der Waals surface area contributed by atoms with Gasteiger partial charge in [0.05, 0.1) is 16.9 Å². The summed E-state index contributed by atoms with van der Waals surface area (Å²) in [6.07, 6.45) is 3.41. The lowest BCUT2D eigenvalue weighted by Crippen LogP contribution is -2.17. The normalized spacial score (nSPS) is 10.9. The Morgan fingerprint density at radius 1 is 1.06 bits per heavy atom. The molecule has 9 heteroatoms. The lowest BCUT2D eigenvalue weighted by atomic mass is 10.0. The van der Waals surface area contributed by atoms with Crippen molar-refractivity contribution in [1.82, 2.24) is 24.7 Å². The summed E-state index contributed by atoms with van der Waals surface area (Å²) in [4.78, 5) is 25.7. The molecule has 5 aromatic rings. The molecule has 0 spiro atoms. The minimum absolute atomic E-state index is 0. The Morgan fingerprint density at radius 2 is 1.79 bits per heavy atom. The first-order chi connectivity index (χ1) is 15.5. The van der Waals surface area contributed by atoms with Gasteiger partial charge in [0.1, 0.15) is 11.5 Å². The maximum Gasteiger partial charge on any atom is 0.271 e. The Hall–Kier alpha value is -4.04. The van der Waals surface area contributed by atoms with Crippen LogP contribution in [0.3, 0.4) is 0 Å². The first kappa shape index (κ1) is 22.2. The number of nitrogen functional groups attached to an aromatic ring is 1. The zero-order valence-electron chi connectivity index (χ0n) is 17.8. The van der Waals surface area contributed by atoms with E-state index in [1.165, 1.54) is 19.2 Å². The van der Waals surface area contributed by atoms with Crippen molar-refractivity contribution in [2.45, 2.75) is 6.92 Å². The molecule has 0 aliphatic heterocycles. The van der Waals surface area contributed by atoms with Crippen molar-refractivity contribution in [2.75, 3.05) is 12.8 Å². The van der Waals surface area contributed by atoms with Crippen molar-refractivity contribution < 1.29 is 9.18 Å². The molecular weight excluding hydrogens is 443 g/mol. The Kier molecular flexibility index (Phi) is 5.69. The number of imidazole rings is 1.